The van der Waals surface area contributed by atoms with Crippen molar-refractivity contribution >= 4 is 29.3 Å². The molecular weight excluding hydrogens is 350 g/mol. The molecule has 1 amide bonds. The number of hydrogen-bond donors (Lipinski definition) is 2. The Morgan fingerprint density at radius 2 is 1.81 bits per heavy atom. The summed E-state index contributed by atoms with van der Waals surface area (Å²) in [4.78, 5) is 22.7. The molecule has 2 N–H and O–H groups in total. The predicted molar refractivity (Wildman–Crippen MR) is 105 cm³/mol. The van der Waals surface area contributed by atoms with Crippen LogP contribution in [-0.4, -0.2) is 35.1 Å². The van der Waals surface area contributed by atoms with Crippen LogP contribution in [0.25, 0.3) is 0 Å². The first kappa shape index (κ1) is 19.8. The zero-order valence-corrected chi connectivity index (χ0v) is 15.8. The molecule has 2 rings (SSSR count). The van der Waals surface area contributed by atoms with Crippen LogP contribution < -0.4 is 10.1 Å². The number of hydrogen-bond acceptors (Lipinski definition) is 4. The Labute approximate surface area is 157 Å². The number of thioether (sulfide) groups is 1. The van der Waals surface area contributed by atoms with Crippen molar-refractivity contribution in [1.29, 1.82) is 0 Å². The lowest BCUT2D eigenvalue weighted by atomic mass is 10.1. The average molecular weight is 373 g/mol. The van der Waals surface area contributed by atoms with Gasteiger partial charge < -0.3 is 15.2 Å². The summed E-state index contributed by atoms with van der Waals surface area (Å²) in [5.74, 6) is 0.899. The lowest BCUT2D eigenvalue weighted by molar-refractivity contribution is -0.113. The highest BCUT2D eigenvalue weighted by atomic mass is 32.2. The van der Waals surface area contributed by atoms with Crippen LogP contribution in [0.1, 0.15) is 27.9 Å². The number of carbonyl (C=O) groups excluding carboxylic acids is 1. The second kappa shape index (κ2) is 9.87. The maximum absolute atomic E-state index is 11.9. The molecule has 5 nitrogen and oxygen atoms in total. The van der Waals surface area contributed by atoms with Gasteiger partial charge in [-0.3, -0.25) is 4.79 Å². The second-order valence-corrected chi connectivity index (χ2v) is 7.04. The molecule has 2 aromatic rings. The average Bonchev–Trinajstić information content (AvgIpc) is 2.61. The summed E-state index contributed by atoms with van der Waals surface area (Å²) in [5, 5.41) is 11.7. The van der Waals surface area contributed by atoms with E-state index in [1.807, 2.05) is 32.0 Å². The smallest absolute Gasteiger partial charge is 0.335 e. The van der Waals surface area contributed by atoms with Gasteiger partial charge in [0.1, 0.15) is 5.75 Å². The van der Waals surface area contributed by atoms with Gasteiger partial charge in [-0.2, -0.15) is 11.8 Å². The molecule has 0 radical (unpaired) electrons. The molecule has 0 saturated heterocycles. The molecule has 0 atom stereocenters. The van der Waals surface area contributed by atoms with Crippen LogP contribution in [0.4, 0.5) is 5.69 Å². The molecule has 6 heteroatoms. The van der Waals surface area contributed by atoms with Gasteiger partial charge in [0.15, 0.2) is 0 Å². The fraction of sp³-hybridized carbons (Fsp3) is 0.300. The van der Waals surface area contributed by atoms with Crippen molar-refractivity contribution in [3.8, 4) is 5.75 Å². The number of anilines is 1. The molecule has 0 fully saturated rings. The number of ether oxygens (including phenoxy) is 1. The van der Waals surface area contributed by atoms with Gasteiger partial charge in [0.2, 0.25) is 5.91 Å². The molecule has 0 aliphatic carbocycles. The minimum Gasteiger partial charge on any atom is -0.494 e. The SMILES string of the molecule is Cc1ccc(NC(=O)CSCCCOc2ccc(C(=O)O)cc2)cc1C. The minimum absolute atomic E-state index is 0.0107. The molecular formula is C20H23NO4S. The molecule has 0 saturated carbocycles. The third kappa shape index (κ3) is 6.44. The topological polar surface area (TPSA) is 75.6 Å². The van der Waals surface area contributed by atoms with Crippen molar-refractivity contribution in [3.05, 3.63) is 59.2 Å². The highest BCUT2D eigenvalue weighted by Gasteiger charge is 2.04. The zero-order chi connectivity index (χ0) is 18.9. The highest BCUT2D eigenvalue weighted by molar-refractivity contribution is 7.99. The van der Waals surface area contributed by atoms with Gasteiger partial charge in [-0.05, 0) is 73.5 Å². The molecule has 0 aliphatic heterocycles. The Kier molecular flexibility index (Phi) is 7.53. The maximum Gasteiger partial charge on any atom is 0.335 e. The van der Waals surface area contributed by atoms with Crippen molar-refractivity contribution in [1.82, 2.24) is 0 Å². The molecule has 0 aromatic heterocycles. The van der Waals surface area contributed by atoms with Gasteiger partial charge in [-0.25, -0.2) is 4.79 Å². The first-order valence-electron chi connectivity index (χ1n) is 8.36. The minimum atomic E-state index is -0.952. The lowest BCUT2D eigenvalue weighted by Crippen LogP contribution is -2.14. The van der Waals surface area contributed by atoms with E-state index < -0.39 is 5.97 Å². The van der Waals surface area contributed by atoms with Crippen LogP contribution in [0.2, 0.25) is 0 Å². The zero-order valence-electron chi connectivity index (χ0n) is 15.0. The quantitative estimate of drug-likeness (QED) is 0.646. The summed E-state index contributed by atoms with van der Waals surface area (Å²) in [7, 11) is 0. The van der Waals surface area contributed by atoms with Crippen LogP contribution in [0.3, 0.4) is 0 Å². The largest absolute Gasteiger partial charge is 0.494 e. The van der Waals surface area contributed by atoms with Crippen molar-refractivity contribution in [2.75, 3.05) is 23.4 Å². The number of benzene rings is 2. The van der Waals surface area contributed by atoms with Gasteiger partial charge in [0.05, 0.1) is 17.9 Å². The molecule has 2 aromatic carbocycles. The third-order valence-corrected chi connectivity index (χ3v) is 4.87. The number of carbonyl (C=O) groups is 2. The second-order valence-electron chi connectivity index (χ2n) is 5.93. The van der Waals surface area contributed by atoms with Crippen LogP contribution in [-0.2, 0) is 4.79 Å². The number of rotatable bonds is 9. The number of aryl methyl sites for hydroxylation is 2. The van der Waals surface area contributed by atoms with E-state index in [0.717, 1.165) is 23.4 Å². The summed E-state index contributed by atoms with van der Waals surface area (Å²) in [6, 6.07) is 12.2. The predicted octanol–water partition coefficient (Wildman–Crippen LogP) is 4.14. The first-order valence-corrected chi connectivity index (χ1v) is 9.52. The monoisotopic (exact) mass is 373 g/mol. The fourth-order valence-electron chi connectivity index (χ4n) is 2.23. The van der Waals surface area contributed by atoms with E-state index in [-0.39, 0.29) is 11.5 Å². The van der Waals surface area contributed by atoms with Gasteiger partial charge in [0, 0.05) is 5.69 Å². The van der Waals surface area contributed by atoms with Crippen molar-refractivity contribution in [3.63, 3.8) is 0 Å². The molecule has 0 bridgehead atoms. The van der Waals surface area contributed by atoms with Gasteiger partial charge in [-0.15, -0.1) is 0 Å². The van der Waals surface area contributed by atoms with E-state index in [4.69, 9.17) is 9.84 Å². The molecule has 26 heavy (non-hydrogen) atoms. The Morgan fingerprint density at radius 1 is 1.08 bits per heavy atom. The lowest BCUT2D eigenvalue weighted by Gasteiger charge is -2.08. The summed E-state index contributed by atoms with van der Waals surface area (Å²) in [5.41, 5.74) is 3.42. The summed E-state index contributed by atoms with van der Waals surface area (Å²) >= 11 is 1.56. The van der Waals surface area contributed by atoms with E-state index in [1.54, 1.807) is 23.9 Å². The number of carboxylic acid groups (broad SMARTS) is 1. The Bertz CT molecular complexity index is 759. The number of aromatic carboxylic acids is 1. The van der Waals surface area contributed by atoms with Gasteiger partial charge in [-0.1, -0.05) is 6.07 Å². The van der Waals surface area contributed by atoms with Crippen LogP contribution >= 0.6 is 11.8 Å². The van der Waals surface area contributed by atoms with E-state index >= 15 is 0 Å². The molecule has 0 spiro atoms. The standard InChI is InChI=1S/C20H23NO4S/c1-14-4-7-17(12-15(14)2)21-19(22)13-26-11-3-10-25-18-8-5-16(6-9-18)20(23)24/h4-9,12H,3,10-11,13H2,1-2H3,(H,21,22)(H,23,24). The molecule has 0 aliphatic rings. The normalized spacial score (nSPS) is 10.4. The number of amides is 1. The first-order chi connectivity index (χ1) is 12.5. The van der Waals surface area contributed by atoms with Crippen molar-refractivity contribution in [2.45, 2.75) is 20.3 Å². The number of nitrogens with one attached hydrogen (secondary N) is 1. The highest BCUT2D eigenvalue weighted by Crippen LogP contribution is 2.15. The van der Waals surface area contributed by atoms with E-state index in [0.29, 0.717) is 18.1 Å². The van der Waals surface area contributed by atoms with E-state index in [1.165, 1.54) is 17.7 Å². The van der Waals surface area contributed by atoms with Gasteiger partial charge >= 0.3 is 5.97 Å². The Morgan fingerprint density at radius 3 is 2.46 bits per heavy atom. The summed E-state index contributed by atoms with van der Waals surface area (Å²) in [6.07, 6.45) is 0.808. The number of carboxylic acids is 1. The third-order valence-electron chi connectivity index (χ3n) is 3.83. The fourth-order valence-corrected chi connectivity index (χ4v) is 2.95. The van der Waals surface area contributed by atoms with Crippen molar-refractivity contribution < 1.29 is 19.4 Å². The maximum atomic E-state index is 11.9. The molecule has 138 valence electrons. The Balaban J connectivity index is 1.60. The van der Waals surface area contributed by atoms with E-state index in [2.05, 4.69) is 5.32 Å². The van der Waals surface area contributed by atoms with Crippen LogP contribution in [0.15, 0.2) is 42.5 Å². The summed E-state index contributed by atoms with van der Waals surface area (Å²) in [6.45, 7) is 4.59. The van der Waals surface area contributed by atoms with Crippen LogP contribution in [0.5, 0.6) is 5.75 Å². The van der Waals surface area contributed by atoms with E-state index in [9.17, 15) is 9.59 Å². The van der Waals surface area contributed by atoms with Crippen molar-refractivity contribution in [2.24, 2.45) is 0 Å². The van der Waals surface area contributed by atoms with Crippen LogP contribution in [0, 0.1) is 13.8 Å². The Hall–Kier alpha value is -2.47. The summed E-state index contributed by atoms with van der Waals surface area (Å²) < 4.78 is 5.56. The molecule has 0 heterocycles. The molecule has 0 unspecified atom stereocenters. The van der Waals surface area contributed by atoms with Gasteiger partial charge in [0.25, 0.3) is 0 Å².